The lowest BCUT2D eigenvalue weighted by Gasteiger charge is -2.16. The Morgan fingerprint density at radius 2 is 1.91 bits per heavy atom. The summed E-state index contributed by atoms with van der Waals surface area (Å²) in [4.78, 5) is 13.5. The van der Waals surface area contributed by atoms with Gasteiger partial charge in [-0.15, -0.1) is 5.92 Å². The Bertz CT molecular complexity index is 1180. The summed E-state index contributed by atoms with van der Waals surface area (Å²) >= 11 is 0. The molecular weight excluding hydrogens is 426 g/mol. The van der Waals surface area contributed by atoms with E-state index in [4.69, 9.17) is 14.9 Å². The van der Waals surface area contributed by atoms with Crippen LogP contribution in [0.3, 0.4) is 0 Å². The van der Waals surface area contributed by atoms with Crippen LogP contribution in [-0.2, 0) is 31.0 Å². The van der Waals surface area contributed by atoms with Crippen LogP contribution in [0.2, 0.25) is 0 Å². The van der Waals surface area contributed by atoms with E-state index in [1.54, 1.807) is 6.92 Å². The summed E-state index contributed by atoms with van der Waals surface area (Å²) < 4.78 is 8.04. The Labute approximate surface area is 201 Å². The number of rotatable bonds is 9. The highest BCUT2D eigenvalue weighted by atomic mass is 16.5. The molecule has 2 aromatic carbocycles. The number of hydrogen-bond acceptors (Lipinski definition) is 4. The molecule has 6 nitrogen and oxygen atoms in total. The van der Waals surface area contributed by atoms with Crippen molar-refractivity contribution < 1.29 is 14.6 Å². The molecule has 4 rings (SSSR count). The standard InChI is InChI=1S/C28H31N3O3/c1-4-6-24(14-28(32)33)23-9-11-26(12-10-23)34-19-22-8-5-7-21(13-22)15-30-16-25-17-31(20(2)3)29-27(25)18-30/h5,7-13,17,20,24H,14-16,18-19H2,1-3H3,(H,32,33)/t24-/m0/s1. The summed E-state index contributed by atoms with van der Waals surface area (Å²) in [6.45, 7) is 9.19. The van der Waals surface area contributed by atoms with E-state index in [9.17, 15) is 4.79 Å². The Morgan fingerprint density at radius 3 is 2.59 bits per heavy atom. The average Bonchev–Trinajstić information content (AvgIpc) is 3.37. The molecule has 34 heavy (non-hydrogen) atoms. The van der Waals surface area contributed by atoms with Crippen molar-refractivity contribution >= 4 is 5.97 Å². The maximum atomic E-state index is 11.1. The van der Waals surface area contributed by atoms with Gasteiger partial charge in [0.05, 0.1) is 18.0 Å². The lowest BCUT2D eigenvalue weighted by Crippen LogP contribution is -2.17. The molecule has 0 amide bonds. The molecule has 0 fully saturated rings. The number of nitrogens with zero attached hydrogens (tertiary/aromatic N) is 3. The number of hydrogen-bond donors (Lipinski definition) is 1. The van der Waals surface area contributed by atoms with Crippen LogP contribution < -0.4 is 4.74 Å². The third-order valence-electron chi connectivity index (χ3n) is 5.97. The van der Waals surface area contributed by atoms with Crippen LogP contribution in [0.5, 0.6) is 5.75 Å². The molecule has 0 saturated carbocycles. The number of carboxylic acids is 1. The molecule has 1 atom stereocenters. The smallest absolute Gasteiger partial charge is 0.304 e. The van der Waals surface area contributed by atoms with E-state index in [-0.39, 0.29) is 12.3 Å². The van der Waals surface area contributed by atoms with E-state index < -0.39 is 5.97 Å². The first-order valence-electron chi connectivity index (χ1n) is 11.6. The summed E-state index contributed by atoms with van der Waals surface area (Å²) in [5.41, 5.74) is 5.77. The topological polar surface area (TPSA) is 67.6 Å². The van der Waals surface area contributed by atoms with E-state index in [0.717, 1.165) is 36.5 Å². The molecule has 3 aromatic rings. The van der Waals surface area contributed by atoms with Crippen molar-refractivity contribution in [2.75, 3.05) is 0 Å². The number of carboxylic acid groups (broad SMARTS) is 1. The maximum absolute atomic E-state index is 11.1. The first-order valence-corrected chi connectivity index (χ1v) is 11.6. The van der Waals surface area contributed by atoms with E-state index in [0.29, 0.717) is 12.6 Å². The minimum absolute atomic E-state index is 0.00846. The molecule has 1 aliphatic heterocycles. The minimum Gasteiger partial charge on any atom is -0.489 e. The van der Waals surface area contributed by atoms with Crippen molar-refractivity contribution in [2.45, 2.75) is 65.4 Å². The molecule has 0 aliphatic carbocycles. The highest BCUT2D eigenvalue weighted by Crippen LogP contribution is 2.25. The average molecular weight is 458 g/mol. The predicted molar refractivity (Wildman–Crippen MR) is 131 cm³/mol. The van der Waals surface area contributed by atoms with Gasteiger partial charge in [-0.1, -0.05) is 42.3 Å². The van der Waals surface area contributed by atoms with Gasteiger partial charge in [0.1, 0.15) is 12.4 Å². The molecular formula is C28H31N3O3. The van der Waals surface area contributed by atoms with Gasteiger partial charge in [0.25, 0.3) is 0 Å². The predicted octanol–water partition coefficient (Wildman–Crippen LogP) is 5.14. The van der Waals surface area contributed by atoms with E-state index >= 15 is 0 Å². The molecule has 176 valence electrons. The zero-order valence-electron chi connectivity index (χ0n) is 20.0. The van der Waals surface area contributed by atoms with Gasteiger partial charge in [-0.3, -0.25) is 14.4 Å². The molecule has 0 saturated heterocycles. The molecule has 2 heterocycles. The third kappa shape index (κ3) is 5.86. The van der Waals surface area contributed by atoms with Crippen LogP contribution in [-0.4, -0.2) is 25.8 Å². The van der Waals surface area contributed by atoms with Gasteiger partial charge in [-0.05, 0) is 49.6 Å². The summed E-state index contributed by atoms with van der Waals surface area (Å²) in [5, 5.41) is 13.8. The number of ether oxygens (including phenoxy) is 1. The summed E-state index contributed by atoms with van der Waals surface area (Å²) in [6, 6.07) is 16.4. The number of fused-ring (bicyclic) bond motifs is 1. The number of carbonyl (C=O) groups is 1. The van der Waals surface area contributed by atoms with Crippen LogP contribution in [0.1, 0.15) is 67.1 Å². The van der Waals surface area contributed by atoms with Crippen molar-refractivity contribution in [3.05, 3.63) is 82.7 Å². The Balaban J connectivity index is 1.32. The quantitative estimate of drug-likeness (QED) is 0.451. The van der Waals surface area contributed by atoms with Crippen molar-refractivity contribution in [2.24, 2.45) is 0 Å². The number of benzene rings is 2. The molecule has 1 aliphatic rings. The highest BCUT2D eigenvalue weighted by Gasteiger charge is 2.23. The molecule has 6 heteroatoms. The number of aromatic nitrogens is 2. The fourth-order valence-electron chi connectivity index (χ4n) is 4.26. The lowest BCUT2D eigenvalue weighted by molar-refractivity contribution is -0.137. The van der Waals surface area contributed by atoms with Crippen LogP contribution in [0.25, 0.3) is 0 Å². The number of aliphatic carboxylic acids is 1. The van der Waals surface area contributed by atoms with Crippen molar-refractivity contribution in [3.8, 4) is 17.6 Å². The van der Waals surface area contributed by atoms with Crippen molar-refractivity contribution in [1.82, 2.24) is 14.7 Å². The highest BCUT2D eigenvalue weighted by molar-refractivity contribution is 5.69. The van der Waals surface area contributed by atoms with Gasteiger partial charge < -0.3 is 9.84 Å². The maximum Gasteiger partial charge on any atom is 0.304 e. The summed E-state index contributed by atoms with van der Waals surface area (Å²) in [5.74, 6) is 5.38. The molecule has 0 radical (unpaired) electrons. The SMILES string of the molecule is CC#C[C@@H](CC(=O)O)c1ccc(OCc2cccc(CN3Cc4cn(C(C)C)nc4C3)c2)cc1. The Hall–Kier alpha value is -3.56. The lowest BCUT2D eigenvalue weighted by atomic mass is 9.96. The Morgan fingerprint density at radius 1 is 1.15 bits per heavy atom. The normalized spacial score (nSPS) is 13.9. The monoisotopic (exact) mass is 457 g/mol. The summed E-state index contributed by atoms with van der Waals surface area (Å²) in [7, 11) is 0. The zero-order valence-corrected chi connectivity index (χ0v) is 20.0. The van der Waals surface area contributed by atoms with E-state index in [1.165, 1.54) is 16.8 Å². The first kappa shape index (κ1) is 23.6. The molecule has 1 aromatic heterocycles. The molecule has 0 spiro atoms. The van der Waals surface area contributed by atoms with Gasteiger partial charge >= 0.3 is 5.97 Å². The van der Waals surface area contributed by atoms with E-state index in [1.807, 2.05) is 24.3 Å². The van der Waals surface area contributed by atoms with Gasteiger partial charge in [0.15, 0.2) is 0 Å². The fraction of sp³-hybridized carbons (Fsp3) is 0.357. The zero-order chi connectivity index (χ0) is 24.1. The van der Waals surface area contributed by atoms with Crippen molar-refractivity contribution in [3.63, 3.8) is 0 Å². The van der Waals surface area contributed by atoms with Crippen LogP contribution >= 0.6 is 0 Å². The van der Waals surface area contributed by atoms with Crippen LogP contribution in [0.15, 0.2) is 54.7 Å². The molecule has 0 unspecified atom stereocenters. The molecule has 1 N–H and O–H groups in total. The van der Waals surface area contributed by atoms with Gasteiger partial charge in [-0.25, -0.2) is 0 Å². The van der Waals surface area contributed by atoms with Gasteiger partial charge in [0.2, 0.25) is 0 Å². The van der Waals surface area contributed by atoms with Crippen LogP contribution in [0, 0.1) is 11.8 Å². The van der Waals surface area contributed by atoms with Gasteiger partial charge in [0, 0.05) is 37.4 Å². The summed E-state index contributed by atoms with van der Waals surface area (Å²) in [6.07, 6.45) is 2.17. The van der Waals surface area contributed by atoms with Crippen LogP contribution in [0.4, 0.5) is 0 Å². The second-order valence-electron chi connectivity index (χ2n) is 9.04. The minimum atomic E-state index is -0.854. The molecule has 0 bridgehead atoms. The first-order chi connectivity index (χ1) is 16.4. The third-order valence-corrected chi connectivity index (χ3v) is 5.97. The second-order valence-corrected chi connectivity index (χ2v) is 9.04. The van der Waals surface area contributed by atoms with Crippen molar-refractivity contribution in [1.29, 1.82) is 0 Å². The fourth-order valence-corrected chi connectivity index (χ4v) is 4.26. The van der Waals surface area contributed by atoms with E-state index in [2.05, 4.69) is 65.7 Å². The largest absolute Gasteiger partial charge is 0.489 e. The Kier molecular flexibility index (Phi) is 7.34. The second kappa shape index (κ2) is 10.6. The van der Waals surface area contributed by atoms with Gasteiger partial charge in [-0.2, -0.15) is 5.10 Å².